The van der Waals surface area contributed by atoms with E-state index in [0.717, 1.165) is 18.8 Å². The molecule has 0 radical (unpaired) electrons. The average Bonchev–Trinajstić information content (AvgIpc) is 2.57. The molecule has 0 aliphatic heterocycles. The van der Waals surface area contributed by atoms with E-state index in [4.69, 9.17) is 4.74 Å². The molecule has 0 aliphatic rings. The van der Waals surface area contributed by atoms with Crippen molar-refractivity contribution in [1.29, 1.82) is 0 Å². The summed E-state index contributed by atoms with van der Waals surface area (Å²) in [4.78, 5) is 1.37. The second-order valence-corrected chi connectivity index (χ2v) is 6.35. The summed E-state index contributed by atoms with van der Waals surface area (Å²) < 4.78 is 5.65. The zero-order valence-corrected chi connectivity index (χ0v) is 14.1. The van der Waals surface area contributed by atoms with Crippen LogP contribution < -0.4 is 10.1 Å². The minimum Gasteiger partial charge on any atom is -0.492 e. The van der Waals surface area contributed by atoms with Crippen molar-refractivity contribution in [3.63, 3.8) is 0 Å². The zero-order valence-electron chi connectivity index (χ0n) is 13.3. The molecule has 0 bridgehead atoms. The van der Waals surface area contributed by atoms with Crippen LogP contribution in [-0.4, -0.2) is 18.9 Å². The standard InChI is InChI=1S/C19H25NOS/c1-2-3-15-22-19-11-9-17(10-12-19)16-20-13-14-21-18-7-5-4-6-8-18/h4-12,20H,2-3,13-16H2,1H3. The molecule has 0 saturated heterocycles. The van der Waals surface area contributed by atoms with Gasteiger partial charge in [-0.05, 0) is 42.0 Å². The van der Waals surface area contributed by atoms with E-state index in [9.17, 15) is 0 Å². The van der Waals surface area contributed by atoms with Crippen molar-refractivity contribution in [2.45, 2.75) is 31.2 Å². The maximum absolute atomic E-state index is 5.65. The quantitative estimate of drug-likeness (QED) is 0.505. The molecular formula is C19H25NOS. The highest BCUT2D eigenvalue weighted by molar-refractivity contribution is 7.99. The third kappa shape index (κ3) is 6.54. The SMILES string of the molecule is CCCCSc1ccc(CNCCOc2ccccc2)cc1. The normalized spacial score (nSPS) is 10.6. The predicted octanol–water partition coefficient (Wildman–Crippen LogP) is 4.75. The molecular weight excluding hydrogens is 290 g/mol. The number of nitrogens with one attached hydrogen (secondary N) is 1. The van der Waals surface area contributed by atoms with Gasteiger partial charge in [0.05, 0.1) is 0 Å². The van der Waals surface area contributed by atoms with Crippen LogP contribution in [0.5, 0.6) is 5.75 Å². The van der Waals surface area contributed by atoms with Crippen molar-refractivity contribution in [1.82, 2.24) is 5.32 Å². The van der Waals surface area contributed by atoms with Gasteiger partial charge in [0.25, 0.3) is 0 Å². The minimum atomic E-state index is 0.689. The van der Waals surface area contributed by atoms with Crippen molar-refractivity contribution in [2.24, 2.45) is 0 Å². The Morgan fingerprint density at radius 1 is 1.00 bits per heavy atom. The molecule has 22 heavy (non-hydrogen) atoms. The molecule has 2 aromatic rings. The summed E-state index contributed by atoms with van der Waals surface area (Å²) >= 11 is 1.94. The lowest BCUT2D eigenvalue weighted by Crippen LogP contribution is -2.20. The molecule has 2 rings (SSSR count). The van der Waals surface area contributed by atoms with E-state index in [-0.39, 0.29) is 0 Å². The lowest BCUT2D eigenvalue weighted by atomic mass is 10.2. The van der Waals surface area contributed by atoms with Crippen molar-refractivity contribution >= 4 is 11.8 Å². The first-order valence-electron chi connectivity index (χ1n) is 7.99. The fraction of sp³-hybridized carbons (Fsp3) is 0.368. The van der Waals surface area contributed by atoms with E-state index in [0.29, 0.717) is 6.61 Å². The third-order valence-corrected chi connectivity index (χ3v) is 4.41. The molecule has 1 N–H and O–H groups in total. The molecule has 0 unspecified atom stereocenters. The van der Waals surface area contributed by atoms with Gasteiger partial charge in [-0.15, -0.1) is 11.8 Å². The number of rotatable bonds is 10. The maximum atomic E-state index is 5.65. The van der Waals surface area contributed by atoms with Crippen LogP contribution in [0.25, 0.3) is 0 Å². The molecule has 0 fully saturated rings. The van der Waals surface area contributed by atoms with E-state index < -0.39 is 0 Å². The van der Waals surface area contributed by atoms with Gasteiger partial charge in [0, 0.05) is 18.0 Å². The van der Waals surface area contributed by atoms with Gasteiger partial charge in [-0.25, -0.2) is 0 Å². The molecule has 0 amide bonds. The average molecular weight is 315 g/mol. The van der Waals surface area contributed by atoms with Gasteiger partial charge in [0.1, 0.15) is 12.4 Å². The van der Waals surface area contributed by atoms with Crippen LogP contribution in [0, 0.1) is 0 Å². The number of hydrogen-bond acceptors (Lipinski definition) is 3. The topological polar surface area (TPSA) is 21.3 Å². The Hall–Kier alpha value is -1.45. The Labute approximate surface area is 138 Å². The summed E-state index contributed by atoms with van der Waals surface area (Å²) in [6.45, 7) is 4.66. The number of benzene rings is 2. The molecule has 0 heterocycles. The van der Waals surface area contributed by atoms with Crippen molar-refractivity contribution in [2.75, 3.05) is 18.9 Å². The van der Waals surface area contributed by atoms with Crippen LogP contribution in [0.4, 0.5) is 0 Å². The Kier molecular flexibility index (Phi) is 7.92. The summed E-state index contributed by atoms with van der Waals surface area (Å²) in [7, 11) is 0. The molecule has 0 atom stereocenters. The predicted molar refractivity (Wildman–Crippen MR) is 95.7 cm³/mol. The smallest absolute Gasteiger partial charge is 0.119 e. The van der Waals surface area contributed by atoms with Gasteiger partial charge in [-0.1, -0.05) is 43.7 Å². The van der Waals surface area contributed by atoms with Crippen molar-refractivity contribution < 1.29 is 4.74 Å². The van der Waals surface area contributed by atoms with Crippen LogP contribution in [-0.2, 0) is 6.54 Å². The molecule has 3 heteroatoms. The van der Waals surface area contributed by atoms with Gasteiger partial charge in [-0.3, -0.25) is 0 Å². The first-order valence-corrected chi connectivity index (χ1v) is 8.97. The van der Waals surface area contributed by atoms with Gasteiger partial charge in [0.15, 0.2) is 0 Å². The number of ether oxygens (including phenoxy) is 1. The molecule has 2 aromatic carbocycles. The highest BCUT2D eigenvalue weighted by Gasteiger charge is 1.96. The lowest BCUT2D eigenvalue weighted by Gasteiger charge is -2.08. The van der Waals surface area contributed by atoms with E-state index >= 15 is 0 Å². The molecule has 0 saturated carbocycles. The minimum absolute atomic E-state index is 0.689. The first-order chi connectivity index (χ1) is 10.9. The number of thioether (sulfide) groups is 1. The number of para-hydroxylation sites is 1. The van der Waals surface area contributed by atoms with Gasteiger partial charge >= 0.3 is 0 Å². The van der Waals surface area contributed by atoms with Crippen LogP contribution in [0.2, 0.25) is 0 Å². The summed E-state index contributed by atoms with van der Waals surface area (Å²) in [6, 6.07) is 18.8. The Morgan fingerprint density at radius 2 is 1.77 bits per heavy atom. The molecule has 2 nitrogen and oxygen atoms in total. The van der Waals surface area contributed by atoms with Crippen LogP contribution in [0.3, 0.4) is 0 Å². The fourth-order valence-corrected chi connectivity index (χ4v) is 3.03. The summed E-state index contributed by atoms with van der Waals surface area (Å²) in [6.07, 6.45) is 2.55. The molecule has 0 aromatic heterocycles. The Bertz CT molecular complexity index is 513. The van der Waals surface area contributed by atoms with Crippen molar-refractivity contribution in [3.05, 3.63) is 60.2 Å². The second-order valence-electron chi connectivity index (χ2n) is 5.18. The summed E-state index contributed by atoms with van der Waals surface area (Å²) in [5.41, 5.74) is 1.32. The number of hydrogen-bond donors (Lipinski definition) is 1. The van der Waals surface area contributed by atoms with Crippen LogP contribution in [0.15, 0.2) is 59.5 Å². The largest absolute Gasteiger partial charge is 0.492 e. The summed E-state index contributed by atoms with van der Waals surface area (Å²) in [5.74, 6) is 2.14. The Morgan fingerprint density at radius 3 is 2.50 bits per heavy atom. The highest BCUT2D eigenvalue weighted by Crippen LogP contribution is 2.19. The van der Waals surface area contributed by atoms with E-state index in [1.54, 1.807) is 0 Å². The van der Waals surface area contributed by atoms with Gasteiger partial charge in [0.2, 0.25) is 0 Å². The molecule has 0 aliphatic carbocycles. The lowest BCUT2D eigenvalue weighted by molar-refractivity contribution is 0.313. The highest BCUT2D eigenvalue weighted by atomic mass is 32.2. The zero-order chi connectivity index (χ0) is 15.5. The van der Waals surface area contributed by atoms with E-state index in [1.165, 1.54) is 29.1 Å². The Balaban J connectivity index is 1.60. The van der Waals surface area contributed by atoms with Gasteiger partial charge < -0.3 is 10.1 Å². The maximum Gasteiger partial charge on any atom is 0.119 e. The van der Waals surface area contributed by atoms with Crippen molar-refractivity contribution in [3.8, 4) is 5.75 Å². The van der Waals surface area contributed by atoms with Crippen LogP contribution >= 0.6 is 11.8 Å². The monoisotopic (exact) mass is 315 g/mol. The number of unbranched alkanes of at least 4 members (excludes halogenated alkanes) is 1. The first kappa shape index (κ1) is 16.9. The fourth-order valence-electron chi connectivity index (χ4n) is 2.03. The van der Waals surface area contributed by atoms with Crippen LogP contribution in [0.1, 0.15) is 25.3 Å². The summed E-state index contributed by atoms with van der Waals surface area (Å²) in [5, 5.41) is 3.41. The molecule has 0 spiro atoms. The van der Waals surface area contributed by atoms with E-state index in [1.807, 2.05) is 42.1 Å². The van der Waals surface area contributed by atoms with E-state index in [2.05, 4.69) is 36.5 Å². The molecule has 118 valence electrons. The third-order valence-electron chi connectivity index (χ3n) is 3.31. The second kappa shape index (κ2) is 10.3. The van der Waals surface area contributed by atoms with Gasteiger partial charge in [-0.2, -0.15) is 0 Å².